The average molecular weight is 375 g/mol. The zero-order valence-corrected chi connectivity index (χ0v) is 15.0. The molecule has 5 rings (SSSR count). The first-order valence-electron chi connectivity index (χ1n) is 8.98. The third-order valence-corrected chi connectivity index (χ3v) is 4.62. The molecule has 0 saturated carbocycles. The van der Waals surface area contributed by atoms with Crippen LogP contribution < -0.4 is 10.2 Å². The summed E-state index contributed by atoms with van der Waals surface area (Å²) >= 11 is 0. The van der Waals surface area contributed by atoms with Crippen LogP contribution in [-0.2, 0) is 11.3 Å². The number of benzene rings is 1. The number of anilines is 2. The zero-order valence-electron chi connectivity index (χ0n) is 15.0. The number of imidazole rings is 1. The van der Waals surface area contributed by atoms with E-state index in [0.29, 0.717) is 56.0 Å². The second-order valence-electron chi connectivity index (χ2n) is 6.41. The van der Waals surface area contributed by atoms with Gasteiger partial charge in [0.25, 0.3) is 0 Å². The minimum absolute atomic E-state index is 0.406. The Kier molecular flexibility index (Phi) is 3.99. The molecule has 1 aliphatic rings. The van der Waals surface area contributed by atoms with Crippen molar-refractivity contribution >= 4 is 28.6 Å². The third kappa shape index (κ3) is 2.87. The Morgan fingerprint density at radius 2 is 2.04 bits per heavy atom. The number of hydrogen-bond acceptors (Lipinski definition) is 8. The highest BCUT2D eigenvalue weighted by molar-refractivity contribution is 5.74. The van der Waals surface area contributed by atoms with Gasteiger partial charge < -0.3 is 19.9 Å². The van der Waals surface area contributed by atoms with Crippen LogP contribution in [0.1, 0.15) is 11.4 Å². The fourth-order valence-electron chi connectivity index (χ4n) is 3.22. The minimum atomic E-state index is 0.406. The van der Waals surface area contributed by atoms with E-state index in [4.69, 9.17) is 4.74 Å². The Hall–Kier alpha value is -3.71. The molecule has 10 heteroatoms. The smallest absolute Gasteiger partial charge is 0.230 e. The summed E-state index contributed by atoms with van der Waals surface area (Å²) in [5, 5.41) is 16.9. The van der Waals surface area contributed by atoms with Crippen LogP contribution in [0, 0.1) is 11.3 Å². The molecule has 1 saturated heterocycles. The highest BCUT2D eigenvalue weighted by Crippen LogP contribution is 2.19. The van der Waals surface area contributed by atoms with Gasteiger partial charge in [0.1, 0.15) is 17.5 Å². The van der Waals surface area contributed by atoms with Gasteiger partial charge in [-0.2, -0.15) is 24.8 Å². The molecular formula is C18H17N9O. The van der Waals surface area contributed by atoms with Gasteiger partial charge in [0.05, 0.1) is 37.0 Å². The highest BCUT2D eigenvalue weighted by Gasteiger charge is 2.19. The number of morpholine rings is 1. The summed E-state index contributed by atoms with van der Waals surface area (Å²) in [5.74, 6) is 1.85. The summed E-state index contributed by atoms with van der Waals surface area (Å²) in [4.78, 5) is 19.1. The van der Waals surface area contributed by atoms with Gasteiger partial charge >= 0.3 is 0 Å². The summed E-state index contributed by atoms with van der Waals surface area (Å²) in [6.45, 7) is 3.09. The van der Waals surface area contributed by atoms with E-state index in [1.54, 1.807) is 4.52 Å². The quantitative estimate of drug-likeness (QED) is 0.548. The molecule has 0 atom stereocenters. The second kappa shape index (κ2) is 6.79. The molecule has 1 fully saturated rings. The SMILES string of the molecule is N#Cc1cnn2c(NCc3nc4ccccc4[nH]3)nc(N3CCOCC3)nc12. The summed E-state index contributed by atoms with van der Waals surface area (Å²) in [5.41, 5.74) is 2.77. The van der Waals surface area contributed by atoms with Gasteiger partial charge in [0.2, 0.25) is 11.9 Å². The van der Waals surface area contributed by atoms with Crippen LogP contribution in [0.5, 0.6) is 0 Å². The molecule has 0 aliphatic carbocycles. The molecule has 140 valence electrons. The normalized spacial score (nSPS) is 14.5. The van der Waals surface area contributed by atoms with E-state index in [-0.39, 0.29) is 0 Å². The zero-order chi connectivity index (χ0) is 18.9. The number of ether oxygens (including phenoxy) is 1. The van der Waals surface area contributed by atoms with E-state index < -0.39 is 0 Å². The number of rotatable bonds is 4. The topological polar surface area (TPSA) is 120 Å². The molecular weight excluding hydrogens is 358 g/mol. The minimum Gasteiger partial charge on any atom is -0.378 e. The largest absolute Gasteiger partial charge is 0.378 e. The molecule has 0 bridgehead atoms. The van der Waals surface area contributed by atoms with E-state index >= 15 is 0 Å². The lowest BCUT2D eigenvalue weighted by Gasteiger charge is -2.27. The lowest BCUT2D eigenvalue weighted by Crippen LogP contribution is -2.37. The van der Waals surface area contributed by atoms with Gasteiger partial charge in [-0.25, -0.2) is 4.98 Å². The number of nitriles is 1. The predicted octanol–water partition coefficient (Wildman–Crippen LogP) is 1.32. The Labute approximate surface area is 159 Å². The number of H-pyrrole nitrogens is 1. The van der Waals surface area contributed by atoms with Gasteiger partial charge in [0.15, 0.2) is 5.65 Å². The molecule has 3 aromatic heterocycles. The van der Waals surface area contributed by atoms with Crippen LogP contribution in [0.15, 0.2) is 30.5 Å². The Bertz CT molecular complexity index is 1150. The molecule has 1 aliphatic heterocycles. The number of nitrogens with zero attached hydrogens (tertiary/aromatic N) is 7. The van der Waals surface area contributed by atoms with Crippen LogP contribution in [0.2, 0.25) is 0 Å². The van der Waals surface area contributed by atoms with Crippen molar-refractivity contribution < 1.29 is 4.74 Å². The van der Waals surface area contributed by atoms with Crippen molar-refractivity contribution in [3.63, 3.8) is 0 Å². The number of hydrogen-bond donors (Lipinski definition) is 2. The Morgan fingerprint density at radius 1 is 1.18 bits per heavy atom. The number of para-hydroxylation sites is 2. The van der Waals surface area contributed by atoms with Crippen LogP contribution in [0.3, 0.4) is 0 Å². The summed E-state index contributed by atoms with van der Waals surface area (Å²) in [6, 6.07) is 10.00. The molecule has 0 spiro atoms. The predicted molar refractivity (Wildman–Crippen MR) is 102 cm³/mol. The molecule has 4 heterocycles. The Balaban J connectivity index is 1.49. The van der Waals surface area contributed by atoms with Crippen molar-refractivity contribution in [1.29, 1.82) is 5.26 Å². The van der Waals surface area contributed by atoms with Crippen LogP contribution >= 0.6 is 0 Å². The lowest BCUT2D eigenvalue weighted by molar-refractivity contribution is 0.122. The fraction of sp³-hybridized carbons (Fsp3) is 0.278. The van der Waals surface area contributed by atoms with Gasteiger partial charge in [-0.15, -0.1) is 0 Å². The maximum absolute atomic E-state index is 9.37. The molecule has 0 amide bonds. The number of aromatic nitrogens is 6. The standard InChI is InChI=1S/C18H17N9O/c19-9-12-10-21-27-16(12)24-18(26-5-7-28-8-6-26)25-17(27)20-11-15-22-13-3-1-2-4-14(13)23-15/h1-4,10H,5-8,11H2,(H,22,23)(H,20,24,25). The van der Waals surface area contributed by atoms with E-state index in [2.05, 4.69) is 36.4 Å². The molecule has 1 aromatic carbocycles. The molecule has 10 nitrogen and oxygen atoms in total. The van der Waals surface area contributed by atoms with Crippen LogP contribution in [0.4, 0.5) is 11.9 Å². The van der Waals surface area contributed by atoms with Gasteiger partial charge in [-0.3, -0.25) is 0 Å². The van der Waals surface area contributed by atoms with E-state index in [9.17, 15) is 5.26 Å². The van der Waals surface area contributed by atoms with E-state index in [1.165, 1.54) is 6.20 Å². The van der Waals surface area contributed by atoms with E-state index in [0.717, 1.165) is 16.9 Å². The fourth-order valence-corrected chi connectivity index (χ4v) is 3.22. The highest BCUT2D eigenvalue weighted by atomic mass is 16.5. The molecule has 4 aromatic rings. The summed E-state index contributed by atoms with van der Waals surface area (Å²) in [7, 11) is 0. The maximum Gasteiger partial charge on any atom is 0.230 e. The summed E-state index contributed by atoms with van der Waals surface area (Å²) < 4.78 is 6.95. The molecule has 0 radical (unpaired) electrons. The molecule has 0 unspecified atom stereocenters. The van der Waals surface area contributed by atoms with E-state index in [1.807, 2.05) is 29.2 Å². The van der Waals surface area contributed by atoms with Crippen molar-refractivity contribution in [3.05, 3.63) is 41.9 Å². The van der Waals surface area contributed by atoms with Crippen LogP contribution in [-0.4, -0.2) is 55.9 Å². The van der Waals surface area contributed by atoms with Crippen LogP contribution in [0.25, 0.3) is 16.7 Å². The first-order chi connectivity index (χ1) is 13.8. The third-order valence-electron chi connectivity index (χ3n) is 4.62. The monoisotopic (exact) mass is 375 g/mol. The second-order valence-corrected chi connectivity index (χ2v) is 6.41. The number of nitrogens with one attached hydrogen (secondary N) is 2. The number of fused-ring (bicyclic) bond motifs is 2. The Morgan fingerprint density at radius 3 is 2.86 bits per heavy atom. The van der Waals surface area contributed by atoms with Gasteiger partial charge in [-0.05, 0) is 12.1 Å². The maximum atomic E-state index is 9.37. The van der Waals surface area contributed by atoms with Gasteiger partial charge in [-0.1, -0.05) is 12.1 Å². The lowest BCUT2D eigenvalue weighted by atomic mass is 10.3. The molecule has 28 heavy (non-hydrogen) atoms. The van der Waals surface area contributed by atoms with Crippen molar-refractivity contribution in [2.75, 3.05) is 36.5 Å². The first kappa shape index (κ1) is 16.5. The van der Waals surface area contributed by atoms with Crippen molar-refractivity contribution in [3.8, 4) is 6.07 Å². The van der Waals surface area contributed by atoms with Crippen molar-refractivity contribution in [2.45, 2.75) is 6.54 Å². The number of aromatic amines is 1. The van der Waals surface area contributed by atoms with Gasteiger partial charge in [0, 0.05) is 13.1 Å². The average Bonchev–Trinajstić information content (AvgIpc) is 3.36. The first-order valence-corrected chi connectivity index (χ1v) is 8.98. The molecule has 2 N–H and O–H groups in total. The van der Waals surface area contributed by atoms with Crippen molar-refractivity contribution in [2.24, 2.45) is 0 Å². The van der Waals surface area contributed by atoms with Crippen molar-refractivity contribution in [1.82, 2.24) is 29.5 Å². The summed E-state index contributed by atoms with van der Waals surface area (Å²) in [6.07, 6.45) is 1.50.